The molecule has 2 N–H and O–H groups in total. The second kappa shape index (κ2) is 7.25. The second-order valence-corrected chi connectivity index (χ2v) is 8.92. The van der Waals surface area contributed by atoms with Gasteiger partial charge in [0.25, 0.3) is 10.0 Å². The minimum absolute atomic E-state index is 0.0606. The number of fused-ring (bicyclic) bond motifs is 1. The van der Waals surface area contributed by atoms with Crippen molar-refractivity contribution in [1.82, 2.24) is 5.16 Å². The third-order valence-corrected chi connectivity index (χ3v) is 6.35. The number of benzene rings is 2. The van der Waals surface area contributed by atoms with E-state index in [1.807, 2.05) is 0 Å². The summed E-state index contributed by atoms with van der Waals surface area (Å²) in [5, 5.41) is 14.6. The Bertz CT molecular complexity index is 1170. The number of sulfonamides is 1. The zero-order valence-electron chi connectivity index (χ0n) is 14.1. The summed E-state index contributed by atoms with van der Waals surface area (Å²) >= 11 is 9.47. The van der Waals surface area contributed by atoms with Gasteiger partial charge >= 0.3 is 0 Å². The number of anilines is 3. The Morgan fingerprint density at radius 3 is 2.68 bits per heavy atom. The summed E-state index contributed by atoms with van der Waals surface area (Å²) in [7, 11) is -3.84. The van der Waals surface area contributed by atoms with Crippen molar-refractivity contribution in [2.24, 2.45) is 0 Å². The van der Waals surface area contributed by atoms with E-state index in [4.69, 9.17) is 11.6 Å². The molecule has 0 saturated heterocycles. The molecule has 1 aromatic heterocycles. The summed E-state index contributed by atoms with van der Waals surface area (Å²) in [5.41, 5.74) is 1.98. The van der Waals surface area contributed by atoms with E-state index in [0.29, 0.717) is 26.4 Å². The summed E-state index contributed by atoms with van der Waals surface area (Å²) in [6.07, 6.45) is 3.61. The minimum Gasteiger partial charge on any atom is -0.370 e. The van der Waals surface area contributed by atoms with Gasteiger partial charge in [0.15, 0.2) is 12.0 Å². The molecule has 7 nitrogen and oxygen atoms in total. The highest BCUT2D eigenvalue weighted by Crippen LogP contribution is 2.40. The number of aromatic nitrogens is 1. The van der Waals surface area contributed by atoms with Gasteiger partial charge < -0.3 is 14.5 Å². The van der Waals surface area contributed by atoms with Gasteiger partial charge in [-0.3, -0.25) is 4.72 Å². The maximum atomic E-state index is 12.6. The van der Waals surface area contributed by atoms with Crippen LogP contribution in [0, 0.1) is 0 Å². The van der Waals surface area contributed by atoms with Gasteiger partial charge in [0.05, 0.1) is 16.3 Å². The zero-order chi connectivity index (χ0) is 19.9. The lowest BCUT2D eigenvalue weighted by molar-refractivity contribution is 0.229. The molecule has 0 saturated carbocycles. The molecule has 0 aliphatic carbocycles. The number of nitrogens with one attached hydrogen (secondary N) is 1. The Kier molecular flexibility index (Phi) is 4.92. The molecular weight excluding hydrogens is 470 g/mol. The summed E-state index contributed by atoms with van der Waals surface area (Å²) < 4.78 is 32.9. The van der Waals surface area contributed by atoms with E-state index in [0.717, 1.165) is 0 Å². The zero-order valence-corrected chi connectivity index (χ0v) is 17.2. The maximum Gasteiger partial charge on any atom is 0.263 e. The average molecular weight is 483 g/mol. The van der Waals surface area contributed by atoms with Crippen LogP contribution in [-0.4, -0.2) is 24.9 Å². The number of hydrogen-bond acceptors (Lipinski definition) is 6. The van der Waals surface area contributed by atoms with Crippen molar-refractivity contribution in [2.45, 2.75) is 11.1 Å². The van der Waals surface area contributed by atoms with Gasteiger partial charge in [-0.1, -0.05) is 22.8 Å². The van der Waals surface area contributed by atoms with E-state index < -0.39 is 16.3 Å². The number of halogens is 2. The highest BCUT2D eigenvalue weighted by atomic mass is 79.9. The van der Waals surface area contributed by atoms with Crippen molar-refractivity contribution in [2.75, 3.05) is 9.62 Å². The quantitative estimate of drug-likeness (QED) is 0.573. The molecule has 3 aromatic rings. The summed E-state index contributed by atoms with van der Waals surface area (Å²) in [4.78, 5) is 1.74. The van der Waals surface area contributed by atoms with E-state index in [2.05, 4.69) is 30.3 Å². The molecule has 2 heterocycles. The number of nitrogens with zero attached hydrogens (tertiary/aromatic N) is 2. The van der Waals surface area contributed by atoms with E-state index >= 15 is 0 Å². The van der Waals surface area contributed by atoms with Gasteiger partial charge in [0, 0.05) is 15.6 Å². The largest absolute Gasteiger partial charge is 0.370 e. The first-order valence-electron chi connectivity index (χ1n) is 8.03. The van der Waals surface area contributed by atoms with E-state index in [1.165, 1.54) is 24.5 Å². The van der Waals surface area contributed by atoms with Crippen LogP contribution in [0.4, 0.5) is 17.2 Å². The first-order chi connectivity index (χ1) is 13.3. The fraction of sp³-hybridized carbons (Fsp3) is 0.0556. The topological polar surface area (TPSA) is 95.7 Å². The second-order valence-electron chi connectivity index (χ2n) is 5.95. The van der Waals surface area contributed by atoms with Crippen molar-refractivity contribution in [3.63, 3.8) is 0 Å². The van der Waals surface area contributed by atoms with Crippen molar-refractivity contribution >= 4 is 60.8 Å². The summed E-state index contributed by atoms with van der Waals surface area (Å²) in [5.74, 6) is 0.0930. The van der Waals surface area contributed by atoms with Crippen LogP contribution in [0.1, 0.15) is 5.56 Å². The lowest BCUT2D eigenvalue weighted by Gasteiger charge is -2.33. The van der Waals surface area contributed by atoms with E-state index in [9.17, 15) is 13.5 Å². The highest BCUT2D eigenvalue weighted by molar-refractivity contribution is 9.10. The van der Waals surface area contributed by atoms with Gasteiger partial charge in [-0.05, 0) is 64.0 Å². The molecule has 1 atom stereocenters. The number of hydrogen-bond donors (Lipinski definition) is 2. The molecule has 28 heavy (non-hydrogen) atoms. The molecule has 10 heteroatoms. The van der Waals surface area contributed by atoms with Gasteiger partial charge in [0.1, 0.15) is 6.26 Å². The van der Waals surface area contributed by atoms with Crippen molar-refractivity contribution in [3.05, 3.63) is 69.9 Å². The van der Waals surface area contributed by atoms with Crippen LogP contribution in [0.2, 0.25) is 5.02 Å². The van der Waals surface area contributed by atoms with Crippen LogP contribution >= 0.6 is 27.5 Å². The fourth-order valence-electron chi connectivity index (χ4n) is 2.88. The first-order valence-corrected chi connectivity index (χ1v) is 10.7. The molecule has 0 radical (unpaired) electrons. The third-order valence-electron chi connectivity index (χ3n) is 4.13. The van der Waals surface area contributed by atoms with Crippen LogP contribution in [0.25, 0.3) is 6.08 Å². The SMILES string of the molecule is O=S(=O)(Nc1ccon1)c1ccc2c(c1)C=CC(O)N2c1ccc(Cl)cc1Br. The van der Waals surface area contributed by atoms with Crippen LogP contribution in [0.3, 0.4) is 0 Å². The number of rotatable bonds is 4. The van der Waals surface area contributed by atoms with Gasteiger partial charge in [-0.15, -0.1) is 0 Å². The Balaban J connectivity index is 1.75. The van der Waals surface area contributed by atoms with E-state index in [1.54, 1.807) is 41.3 Å². The number of aliphatic hydroxyl groups is 1. The van der Waals surface area contributed by atoms with Crippen molar-refractivity contribution in [1.29, 1.82) is 0 Å². The molecule has 1 unspecified atom stereocenters. The predicted octanol–water partition coefficient (Wildman–Crippen LogP) is 4.37. The van der Waals surface area contributed by atoms with Gasteiger partial charge in [-0.25, -0.2) is 8.42 Å². The molecule has 144 valence electrons. The molecule has 1 aliphatic heterocycles. The van der Waals surface area contributed by atoms with Crippen LogP contribution in [0.5, 0.6) is 0 Å². The molecule has 0 spiro atoms. The Labute approximate surface area is 174 Å². The Morgan fingerprint density at radius 1 is 1.18 bits per heavy atom. The molecule has 0 fully saturated rings. The first kappa shape index (κ1) is 19.0. The van der Waals surface area contributed by atoms with Gasteiger partial charge in [0.2, 0.25) is 0 Å². The van der Waals surface area contributed by atoms with Crippen LogP contribution < -0.4 is 9.62 Å². The minimum atomic E-state index is -3.84. The maximum absolute atomic E-state index is 12.6. The Hall–Kier alpha value is -2.33. The lowest BCUT2D eigenvalue weighted by atomic mass is 10.1. The monoisotopic (exact) mass is 481 g/mol. The summed E-state index contributed by atoms with van der Waals surface area (Å²) in [6.45, 7) is 0. The molecule has 0 bridgehead atoms. The standard InChI is InChI=1S/C18H13BrClN3O4S/c19-14-10-12(20)2-4-16(14)23-15-5-3-13(9-11(15)1-6-18(23)24)28(25,26)22-17-7-8-27-21-17/h1-10,18,24H,(H,21,22). The van der Waals surface area contributed by atoms with E-state index in [-0.39, 0.29) is 10.7 Å². The molecular formula is C18H13BrClN3O4S. The average Bonchev–Trinajstić information content (AvgIpc) is 3.14. The number of aliphatic hydroxyl groups excluding tert-OH is 1. The molecule has 0 amide bonds. The normalized spacial score (nSPS) is 16.1. The lowest BCUT2D eigenvalue weighted by Crippen LogP contribution is -2.32. The third kappa shape index (κ3) is 3.53. The molecule has 1 aliphatic rings. The molecule has 4 rings (SSSR count). The fourth-order valence-corrected chi connectivity index (χ4v) is 4.78. The van der Waals surface area contributed by atoms with Crippen molar-refractivity contribution < 1.29 is 18.0 Å². The smallest absolute Gasteiger partial charge is 0.263 e. The highest BCUT2D eigenvalue weighted by Gasteiger charge is 2.26. The Morgan fingerprint density at radius 2 is 1.96 bits per heavy atom. The summed E-state index contributed by atoms with van der Waals surface area (Å²) in [6, 6.07) is 11.2. The van der Waals surface area contributed by atoms with Crippen molar-refractivity contribution in [3.8, 4) is 0 Å². The van der Waals surface area contributed by atoms with Crippen LogP contribution in [0.15, 0.2) is 68.7 Å². The van der Waals surface area contributed by atoms with Crippen LogP contribution in [-0.2, 0) is 10.0 Å². The predicted molar refractivity (Wildman–Crippen MR) is 110 cm³/mol. The molecule has 2 aromatic carbocycles. The van der Waals surface area contributed by atoms with Gasteiger partial charge in [-0.2, -0.15) is 0 Å².